The monoisotopic (exact) mass is 299 g/mol. The second kappa shape index (κ2) is 5.54. The average Bonchev–Trinajstić information content (AvgIpc) is 2.89. The fraction of sp³-hybridized carbons (Fsp3) is 0.125. The lowest BCUT2D eigenvalue weighted by molar-refractivity contribution is -0.139. The zero-order chi connectivity index (χ0) is 14.8. The Bertz CT molecular complexity index is 810. The summed E-state index contributed by atoms with van der Waals surface area (Å²) in [5.74, 6) is -0.494. The van der Waals surface area contributed by atoms with Crippen molar-refractivity contribution in [3.63, 3.8) is 0 Å². The van der Waals surface area contributed by atoms with Crippen LogP contribution in [0.1, 0.15) is 5.56 Å². The maximum absolute atomic E-state index is 10.6. The van der Waals surface area contributed by atoms with Gasteiger partial charge in [-0.15, -0.1) is 11.3 Å². The van der Waals surface area contributed by atoms with E-state index in [-0.39, 0.29) is 6.61 Å². The Morgan fingerprint density at radius 3 is 2.86 bits per heavy atom. The van der Waals surface area contributed by atoms with Crippen LogP contribution in [0, 0.1) is 6.92 Å². The van der Waals surface area contributed by atoms with Crippen molar-refractivity contribution in [2.75, 3.05) is 6.61 Å². The molecule has 0 bridgehead atoms. The Morgan fingerprint density at radius 1 is 1.29 bits per heavy atom. The quantitative estimate of drug-likeness (QED) is 0.797. The largest absolute Gasteiger partial charge is 0.480 e. The number of rotatable bonds is 4. The molecule has 4 nitrogen and oxygen atoms in total. The van der Waals surface area contributed by atoms with Gasteiger partial charge in [-0.1, -0.05) is 29.8 Å². The molecule has 2 aromatic carbocycles. The fourth-order valence-electron chi connectivity index (χ4n) is 2.08. The molecule has 106 valence electrons. The van der Waals surface area contributed by atoms with E-state index in [4.69, 9.17) is 9.84 Å². The minimum absolute atomic E-state index is 0.365. The number of hydrogen-bond donors (Lipinski definition) is 1. The Labute approximate surface area is 125 Å². The van der Waals surface area contributed by atoms with Crippen molar-refractivity contribution in [2.45, 2.75) is 6.92 Å². The Balaban J connectivity index is 2.03. The van der Waals surface area contributed by atoms with Crippen molar-refractivity contribution in [3.8, 4) is 16.3 Å². The van der Waals surface area contributed by atoms with E-state index in [2.05, 4.69) is 11.1 Å². The topological polar surface area (TPSA) is 59.4 Å². The number of carbonyl (C=O) groups is 1. The summed E-state index contributed by atoms with van der Waals surface area (Å²) in [6.45, 7) is 1.68. The molecule has 0 spiro atoms. The number of thiazole rings is 1. The lowest BCUT2D eigenvalue weighted by Gasteiger charge is -2.02. The van der Waals surface area contributed by atoms with Gasteiger partial charge >= 0.3 is 5.97 Å². The number of aromatic nitrogens is 1. The predicted molar refractivity (Wildman–Crippen MR) is 82.9 cm³/mol. The third-order valence-corrected chi connectivity index (χ3v) is 4.07. The molecule has 0 amide bonds. The van der Waals surface area contributed by atoms with E-state index in [1.165, 1.54) is 5.56 Å². The maximum Gasteiger partial charge on any atom is 0.341 e. The first-order valence-corrected chi connectivity index (χ1v) is 7.26. The second-order valence-corrected chi connectivity index (χ2v) is 5.70. The van der Waals surface area contributed by atoms with Gasteiger partial charge in [0.25, 0.3) is 0 Å². The molecule has 1 heterocycles. The first-order valence-electron chi connectivity index (χ1n) is 6.44. The molecule has 0 unspecified atom stereocenters. The molecule has 0 radical (unpaired) electrons. The van der Waals surface area contributed by atoms with Gasteiger partial charge in [-0.2, -0.15) is 0 Å². The first-order chi connectivity index (χ1) is 10.1. The van der Waals surface area contributed by atoms with E-state index in [0.717, 1.165) is 15.3 Å². The highest BCUT2D eigenvalue weighted by atomic mass is 32.1. The van der Waals surface area contributed by atoms with Gasteiger partial charge in [0.05, 0.1) is 4.70 Å². The predicted octanol–water partition coefficient (Wildman–Crippen LogP) is 3.74. The van der Waals surface area contributed by atoms with Crippen LogP contribution in [0.3, 0.4) is 0 Å². The average molecular weight is 299 g/mol. The molecule has 0 aliphatic carbocycles. The number of fused-ring (bicyclic) bond motifs is 1. The second-order valence-electron chi connectivity index (χ2n) is 4.67. The normalized spacial score (nSPS) is 10.7. The van der Waals surface area contributed by atoms with E-state index >= 15 is 0 Å². The standard InChI is InChI=1S/C16H13NO3S/c1-10-4-2-5-11(8-10)16-17-15-12(20-9-14(18)19)6-3-7-13(15)21-16/h2-8H,9H2,1H3,(H,18,19). The number of hydrogen-bond acceptors (Lipinski definition) is 4. The zero-order valence-corrected chi connectivity index (χ0v) is 12.2. The summed E-state index contributed by atoms with van der Waals surface area (Å²) in [7, 11) is 0. The van der Waals surface area contributed by atoms with Crippen molar-refractivity contribution in [3.05, 3.63) is 48.0 Å². The number of carboxylic acids is 1. The van der Waals surface area contributed by atoms with Crippen LogP contribution in [0.2, 0.25) is 0 Å². The Morgan fingerprint density at radius 2 is 2.10 bits per heavy atom. The van der Waals surface area contributed by atoms with Gasteiger partial charge in [0.2, 0.25) is 0 Å². The Hall–Kier alpha value is -2.40. The van der Waals surface area contributed by atoms with Gasteiger partial charge in [0.15, 0.2) is 6.61 Å². The van der Waals surface area contributed by atoms with Crippen LogP contribution < -0.4 is 4.74 Å². The van der Waals surface area contributed by atoms with Crippen LogP contribution >= 0.6 is 11.3 Å². The van der Waals surface area contributed by atoms with Gasteiger partial charge in [0.1, 0.15) is 16.3 Å². The minimum atomic E-state index is -0.999. The lowest BCUT2D eigenvalue weighted by Crippen LogP contribution is -2.09. The number of aryl methyl sites for hydroxylation is 1. The summed E-state index contributed by atoms with van der Waals surface area (Å²) in [5, 5.41) is 9.62. The number of aliphatic carboxylic acids is 1. The van der Waals surface area contributed by atoms with E-state index in [1.54, 1.807) is 17.4 Å². The molecule has 0 aliphatic rings. The van der Waals surface area contributed by atoms with Crippen LogP contribution in [-0.4, -0.2) is 22.7 Å². The van der Waals surface area contributed by atoms with Crippen molar-refractivity contribution in [1.29, 1.82) is 0 Å². The molecule has 21 heavy (non-hydrogen) atoms. The zero-order valence-electron chi connectivity index (χ0n) is 11.4. The summed E-state index contributed by atoms with van der Waals surface area (Å²) in [4.78, 5) is 15.2. The number of para-hydroxylation sites is 1. The number of carboxylic acid groups (broad SMARTS) is 1. The molecule has 5 heteroatoms. The Kier molecular flexibility index (Phi) is 3.58. The molecule has 0 saturated heterocycles. The summed E-state index contributed by atoms with van der Waals surface area (Å²) in [6.07, 6.45) is 0. The molecule has 0 fully saturated rings. The molecule has 0 aliphatic heterocycles. The molecule has 1 aromatic heterocycles. The van der Waals surface area contributed by atoms with Crippen LogP contribution in [0.25, 0.3) is 20.8 Å². The van der Waals surface area contributed by atoms with Gasteiger partial charge in [-0.25, -0.2) is 9.78 Å². The molecule has 1 N–H and O–H groups in total. The van der Waals surface area contributed by atoms with Crippen LogP contribution in [0.4, 0.5) is 0 Å². The molecular formula is C16H13NO3S. The van der Waals surface area contributed by atoms with Gasteiger partial charge in [-0.3, -0.25) is 0 Å². The molecule has 3 rings (SSSR count). The third-order valence-electron chi connectivity index (χ3n) is 3.00. The molecule has 0 saturated carbocycles. The highest BCUT2D eigenvalue weighted by Gasteiger charge is 2.11. The number of nitrogens with zero attached hydrogens (tertiary/aromatic N) is 1. The molecular weight excluding hydrogens is 286 g/mol. The third kappa shape index (κ3) is 2.87. The maximum atomic E-state index is 10.6. The molecule has 3 aromatic rings. The highest BCUT2D eigenvalue weighted by molar-refractivity contribution is 7.21. The van der Waals surface area contributed by atoms with Gasteiger partial charge in [0, 0.05) is 5.56 Å². The minimum Gasteiger partial charge on any atom is -0.480 e. The highest BCUT2D eigenvalue weighted by Crippen LogP contribution is 2.34. The van der Waals surface area contributed by atoms with Gasteiger partial charge < -0.3 is 9.84 Å². The van der Waals surface area contributed by atoms with Gasteiger partial charge in [-0.05, 0) is 25.1 Å². The van der Waals surface area contributed by atoms with Crippen LogP contribution in [0.15, 0.2) is 42.5 Å². The fourth-order valence-corrected chi connectivity index (χ4v) is 3.06. The van der Waals surface area contributed by atoms with Crippen molar-refractivity contribution in [1.82, 2.24) is 4.98 Å². The van der Waals surface area contributed by atoms with Crippen molar-refractivity contribution < 1.29 is 14.6 Å². The first kappa shape index (κ1) is 13.6. The van der Waals surface area contributed by atoms with E-state index < -0.39 is 5.97 Å². The van der Waals surface area contributed by atoms with Crippen LogP contribution in [-0.2, 0) is 4.79 Å². The lowest BCUT2D eigenvalue weighted by atomic mass is 10.1. The van der Waals surface area contributed by atoms with Crippen molar-refractivity contribution >= 4 is 27.5 Å². The van der Waals surface area contributed by atoms with Crippen molar-refractivity contribution in [2.24, 2.45) is 0 Å². The summed E-state index contributed by atoms with van der Waals surface area (Å²) < 4.78 is 6.28. The smallest absolute Gasteiger partial charge is 0.341 e. The molecule has 0 atom stereocenters. The van der Waals surface area contributed by atoms with E-state index in [9.17, 15) is 4.79 Å². The van der Waals surface area contributed by atoms with E-state index in [1.807, 2.05) is 37.3 Å². The summed E-state index contributed by atoms with van der Waals surface area (Å²) >= 11 is 1.57. The van der Waals surface area contributed by atoms with E-state index in [0.29, 0.717) is 11.3 Å². The summed E-state index contributed by atoms with van der Waals surface area (Å²) in [6, 6.07) is 13.7. The number of ether oxygens (including phenoxy) is 1. The summed E-state index contributed by atoms with van der Waals surface area (Å²) in [5.41, 5.74) is 2.94. The SMILES string of the molecule is Cc1cccc(-c2nc3c(OCC(=O)O)cccc3s2)c1. The van der Waals surface area contributed by atoms with Crippen LogP contribution in [0.5, 0.6) is 5.75 Å². The number of benzene rings is 2.